The molecule has 0 aliphatic carbocycles. The van der Waals surface area contributed by atoms with Gasteiger partial charge in [-0.3, -0.25) is 0 Å². The Hall–Kier alpha value is -3.69. The van der Waals surface area contributed by atoms with Gasteiger partial charge in [0.2, 0.25) is 11.9 Å². The summed E-state index contributed by atoms with van der Waals surface area (Å²) >= 11 is 0. The molecule has 10 nitrogen and oxygen atoms in total. The second-order valence-electron chi connectivity index (χ2n) is 6.50. The van der Waals surface area contributed by atoms with E-state index in [1.807, 2.05) is 26.0 Å². The summed E-state index contributed by atoms with van der Waals surface area (Å²) in [5.41, 5.74) is 7.21. The number of hydrogen-bond donors (Lipinski definition) is 2. The van der Waals surface area contributed by atoms with Crippen LogP contribution in [-0.4, -0.2) is 33.2 Å². The summed E-state index contributed by atoms with van der Waals surface area (Å²) in [7, 11) is 1.56. The molecule has 3 N–H and O–H groups in total. The number of nitrogens with zero attached hydrogens (tertiary/aromatic N) is 4. The molecule has 152 valence electrons. The minimum atomic E-state index is -0.564. The van der Waals surface area contributed by atoms with Crippen LogP contribution in [0.15, 0.2) is 28.8 Å². The fourth-order valence-corrected chi connectivity index (χ4v) is 2.66. The number of nitrogens with two attached hydrogens (primary N) is 1. The SMILES string of the molecule is COc1ccccc1Nc1nc(N)nc(COC(=O)c2c(C)noc2C(C)C)n1. The normalized spacial score (nSPS) is 10.8. The molecule has 2 heterocycles. The average molecular weight is 398 g/mol. The second-order valence-corrected chi connectivity index (χ2v) is 6.50. The zero-order chi connectivity index (χ0) is 21.0. The summed E-state index contributed by atoms with van der Waals surface area (Å²) in [6, 6.07) is 7.28. The maximum atomic E-state index is 12.5. The van der Waals surface area contributed by atoms with Crippen molar-refractivity contribution in [3.8, 4) is 5.75 Å². The van der Waals surface area contributed by atoms with Gasteiger partial charge in [0.1, 0.15) is 11.3 Å². The fraction of sp³-hybridized carbons (Fsp3) is 0.316. The van der Waals surface area contributed by atoms with Crippen LogP contribution < -0.4 is 15.8 Å². The number of esters is 1. The smallest absolute Gasteiger partial charge is 0.344 e. The van der Waals surface area contributed by atoms with Crippen LogP contribution >= 0.6 is 0 Å². The molecule has 0 aliphatic heterocycles. The number of para-hydroxylation sites is 2. The van der Waals surface area contributed by atoms with Crippen molar-refractivity contribution in [2.45, 2.75) is 33.3 Å². The van der Waals surface area contributed by atoms with Crippen LogP contribution in [0.1, 0.15) is 47.4 Å². The number of carbonyl (C=O) groups excluding carboxylic acids is 1. The molecule has 0 fully saturated rings. The number of nitrogen functional groups attached to an aromatic ring is 1. The topological polar surface area (TPSA) is 138 Å². The summed E-state index contributed by atoms with van der Waals surface area (Å²) in [6.07, 6.45) is 0. The fourth-order valence-electron chi connectivity index (χ4n) is 2.66. The molecule has 0 unspecified atom stereocenters. The summed E-state index contributed by atoms with van der Waals surface area (Å²) < 4.78 is 15.9. The van der Waals surface area contributed by atoms with Gasteiger partial charge >= 0.3 is 5.97 Å². The maximum absolute atomic E-state index is 12.5. The van der Waals surface area contributed by atoms with E-state index in [1.54, 1.807) is 26.2 Å². The standard InChI is InChI=1S/C19H22N6O4/c1-10(2)16-15(11(3)25-29-16)17(26)28-9-14-22-18(20)24-19(23-14)21-12-7-5-6-8-13(12)27-4/h5-8,10H,9H2,1-4H3,(H3,20,21,22,23,24). The number of anilines is 3. The molecule has 0 amide bonds. The lowest BCUT2D eigenvalue weighted by atomic mass is 10.1. The van der Waals surface area contributed by atoms with Gasteiger partial charge < -0.3 is 25.0 Å². The van der Waals surface area contributed by atoms with Crippen molar-refractivity contribution in [3.05, 3.63) is 47.1 Å². The molecule has 0 saturated carbocycles. The Morgan fingerprint density at radius 2 is 2.00 bits per heavy atom. The molecule has 3 rings (SSSR count). The van der Waals surface area contributed by atoms with Gasteiger partial charge in [-0.2, -0.15) is 15.0 Å². The first-order valence-corrected chi connectivity index (χ1v) is 8.92. The first-order chi connectivity index (χ1) is 13.9. The molecule has 2 aromatic heterocycles. The number of aryl methyl sites for hydroxylation is 1. The third-order valence-electron chi connectivity index (χ3n) is 4.00. The molecular formula is C19H22N6O4. The van der Waals surface area contributed by atoms with Crippen molar-refractivity contribution in [1.29, 1.82) is 0 Å². The van der Waals surface area contributed by atoms with E-state index in [1.165, 1.54) is 0 Å². The number of nitrogens with one attached hydrogen (secondary N) is 1. The molecular weight excluding hydrogens is 376 g/mol. The summed E-state index contributed by atoms with van der Waals surface area (Å²) in [4.78, 5) is 24.8. The van der Waals surface area contributed by atoms with Crippen molar-refractivity contribution in [3.63, 3.8) is 0 Å². The van der Waals surface area contributed by atoms with Crippen LogP contribution in [0, 0.1) is 6.92 Å². The zero-order valence-electron chi connectivity index (χ0n) is 16.6. The van der Waals surface area contributed by atoms with Crippen LogP contribution in [-0.2, 0) is 11.3 Å². The van der Waals surface area contributed by atoms with Gasteiger partial charge in [0, 0.05) is 5.92 Å². The van der Waals surface area contributed by atoms with E-state index >= 15 is 0 Å². The van der Waals surface area contributed by atoms with Gasteiger partial charge in [-0.25, -0.2) is 4.79 Å². The largest absolute Gasteiger partial charge is 0.495 e. The minimum Gasteiger partial charge on any atom is -0.495 e. The minimum absolute atomic E-state index is 0.00697. The van der Waals surface area contributed by atoms with Crippen molar-refractivity contribution in [1.82, 2.24) is 20.1 Å². The van der Waals surface area contributed by atoms with Crippen LogP contribution in [0.4, 0.5) is 17.6 Å². The number of methoxy groups -OCH3 is 1. The summed E-state index contributed by atoms with van der Waals surface area (Å²) in [5, 5.41) is 6.87. The molecule has 10 heteroatoms. The van der Waals surface area contributed by atoms with E-state index in [0.717, 1.165) is 0 Å². The van der Waals surface area contributed by atoms with Crippen LogP contribution in [0.2, 0.25) is 0 Å². The third kappa shape index (κ3) is 4.60. The van der Waals surface area contributed by atoms with Crippen molar-refractivity contribution >= 4 is 23.6 Å². The Morgan fingerprint density at radius 3 is 2.72 bits per heavy atom. The lowest BCUT2D eigenvalue weighted by Gasteiger charge is -2.11. The van der Waals surface area contributed by atoms with E-state index in [9.17, 15) is 4.79 Å². The summed E-state index contributed by atoms with van der Waals surface area (Å²) in [5.74, 6) is 0.909. The Balaban J connectivity index is 1.75. The first-order valence-electron chi connectivity index (χ1n) is 8.92. The number of ether oxygens (including phenoxy) is 2. The predicted molar refractivity (Wildman–Crippen MR) is 105 cm³/mol. The maximum Gasteiger partial charge on any atom is 0.344 e. The molecule has 0 radical (unpaired) electrons. The van der Waals surface area contributed by atoms with Crippen LogP contribution in [0.3, 0.4) is 0 Å². The average Bonchev–Trinajstić information content (AvgIpc) is 3.08. The van der Waals surface area contributed by atoms with Gasteiger partial charge in [-0.05, 0) is 19.1 Å². The molecule has 29 heavy (non-hydrogen) atoms. The molecule has 0 atom stereocenters. The van der Waals surface area contributed by atoms with E-state index in [2.05, 4.69) is 25.4 Å². The highest BCUT2D eigenvalue weighted by Crippen LogP contribution is 2.26. The highest BCUT2D eigenvalue weighted by molar-refractivity contribution is 5.91. The van der Waals surface area contributed by atoms with Gasteiger partial charge in [0.25, 0.3) is 0 Å². The van der Waals surface area contributed by atoms with E-state index in [4.69, 9.17) is 19.7 Å². The van der Waals surface area contributed by atoms with Crippen LogP contribution in [0.25, 0.3) is 0 Å². The third-order valence-corrected chi connectivity index (χ3v) is 4.00. The van der Waals surface area contributed by atoms with Gasteiger partial charge in [0.05, 0.1) is 18.5 Å². The van der Waals surface area contributed by atoms with Crippen molar-refractivity contribution < 1.29 is 18.8 Å². The van der Waals surface area contributed by atoms with E-state index in [0.29, 0.717) is 28.5 Å². The van der Waals surface area contributed by atoms with Gasteiger partial charge in [-0.1, -0.05) is 31.1 Å². The summed E-state index contributed by atoms with van der Waals surface area (Å²) in [6.45, 7) is 5.30. The number of rotatable bonds is 7. The number of carbonyl (C=O) groups is 1. The lowest BCUT2D eigenvalue weighted by Crippen LogP contribution is -2.13. The molecule has 0 aliphatic rings. The van der Waals surface area contributed by atoms with Gasteiger partial charge in [-0.15, -0.1) is 0 Å². The van der Waals surface area contributed by atoms with Gasteiger partial charge in [0.15, 0.2) is 18.2 Å². The Kier molecular flexibility index (Phi) is 5.91. The predicted octanol–water partition coefficient (Wildman–Crippen LogP) is 2.98. The Bertz CT molecular complexity index is 1020. The first kappa shape index (κ1) is 20.1. The van der Waals surface area contributed by atoms with Crippen molar-refractivity contribution in [2.75, 3.05) is 18.2 Å². The Labute approximate surface area is 167 Å². The highest BCUT2D eigenvalue weighted by atomic mass is 16.5. The highest BCUT2D eigenvalue weighted by Gasteiger charge is 2.24. The quantitative estimate of drug-likeness (QED) is 0.571. The van der Waals surface area contributed by atoms with E-state index < -0.39 is 5.97 Å². The molecule has 0 spiro atoms. The molecule has 0 saturated heterocycles. The molecule has 3 aromatic rings. The Morgan fingerprint density at radius 1 is 1.24 bits per heavy atom. The van der Waals surface area contributed by atoms with E-state index in [-0.39, 0.29) is 30.2 Å². The second kappa shape index (κ2) is 8.55. The number of aromatic nitrogens is 4. The van der Waals surface area contributed by atoms with Crippen molar-refractivity contribution in [2.24, 2.45) is 0 Å². The molecule has 1 aromatic carbocycles. The van der Waals surface area contributed by atoms with Crippen LogP contribution in [0.5, 0.6) is 5.75 Å². The number of hydrogen-bond acceptors (Lipinski definition) is 10. The lowest BCUT2D eigenvalue weighted by molar-refractivity contribution is 0.0458. The zero-order valence-corrected chi connectivity index (χ0v) is 16.6. The monoisotopic (exact) mass is 398 g/mol. The number of benzene rings is 1. The molecule has 0 bridgehead atoms.